The minimum Gasteiger partial charge on any atom is -0.372 e. The Morgan fingerprint density at radius 2 is 1.61 bits per heavy atom. The third kappa shape index (κ3) is 4.83. The van der Waals surface area contributed by atoms with Gasteiger partial charge in [-0.25, -0.2) is 0 Å². The van der Waals surface area contributed by atoms with E-state index < -0.39 is 0 Å². The predicted molar refractivity (Wildman–Crippen MR) is 114 cm³/mol. The highest BCUT2D eigenvalue weighted by atomic mass is 16.1. The van der Waals surface area contributed by atoms with Crippen LogP contribution in [0.5, 0.6) is 0 Å². The molecule has 2 fully saturated rings. The van der Waals surface area contributed by atoms with Gasteiger partial charge in [0.2, 0.25) is 0 Å². The number of rotatable bonds is 5. The number of carbonyl (C=O) groups is 1. The van der Waals surface area contributed by atoms with Crippen LogP contribution < -0.4 is 15.5 Å². The smallest absolute Gasteiger partial charge is 0.253 e. The van der Waals surface area contributed by atoms with Crippen LogP contribution in [-0.2, 0) is 0 Å². The molecule has 2 aromatic rings. The molecule has 5 nitrogen and oxygen atoms in total. The molecule has 0 radical (unpaired) electrons. The first-order valence-electron chi connectivity index (χ1n) is 10.7. The van der Waals surface area contributed by atoms with Crippen molar-refractivity contribution in [3.8, 4) is 0 Å². The fourth-order valence-electron chi connectivity index (χ4n) is 4.22. The quantitative estimate of drug-likeness (QED) is 0.728. The summed E-state index contributed by atoms with van der Waals surface area (Å²) < 4.78 is 0. The Hall–Kier alpha value is -2.56. The van der Waals surface area contributed by atoms with Crippen molar-refractivity contribution in [2.75, 3.05) is 23.3 Å². The molecular weight excluding hydrogens is 348 g/mol. The summed E-state index contributed by atoms with van der Waals surface area (Å²) >= 11 is 0. The van der Waals surface area contributed by atoms with E-state index in [9.17, 15) is 4.79 Å². The Kier molecular flexibility index (Phi) is 6.10. The molecule has 0 atom stereocenters. The van der Waals surface area contributed by atoms with Gasteiger partial charge in [-0.15, -0.1) is 0 Å². The average molecular weight is 379 g/mol. The normalized spacial score (nSPS) is 17.9. The summed E-state index contributed by atoms with van der Waals surface area (Å²) in [5.74, 6) is -0.0209. The van der Waals surface area contributed by atoms with Crippen molar-refractivity contribution in [1.82, 2.24) is 10.3 Å². The third-order valence-corrected chi connectivity index (χ3v) is 5.82. The van der Waals surface area contributed by atoms with Gasteiger partial charge in [0.1, 0.15) is 0 Å². The first-order valence-corrected chi connectivity index (χ1v) is 10.7. The van der Waals surface area contributed by atoms with Gasteiger partial charge < -0.3 is 15.5 Å². The Morgan fingerprint density at radius 3 is 2.32 bits per heavy atom. The second kappa shape index (κ2) is 9.09. The minimum atomic E-state index is -0.0209. The fourth-order valence-corrected chi connectivity index (χ4v) is 4.22. The van der Waals surface area contributed by atoms with Gasteiger partial charge in [-0.05, 0) is 56.0 Å². The van der Waals surface area contributed by atoms with E-state index in [0.29, 0.717) is 11.6 Å². The molecule has 1 aromatic carbocycles. The number of amides is 1. The lowest BCUT2D eigenvalue weighted by Crippen LogP contribution is -2.34. The summed E-state index contributed by atoms with van der Waals surface area (Å²) in [6, 6.07) is 10.7. The summed E-state index contributed by atoms with van der Waals surface area (Å²) in [7, 11) is 0. The van der Waals surface area contributed by atoms with Gasteiger partial charge in [0.25, 0.3) is 5.91 Å². The zero-order valence-corrected chi connectivity index (χ0v) is 16.5. The van der Waals surface area contributed by atoms with E-state index in [1.165, 1.54) is 44.2 Å². The first-order chi connectivity index (χ1) is 13.8. The van der Waals surface area contributed by atoms with Gasteiger partial charge in [-0.3, -0.25) is 9.78 Å². The van der Waals surface area contributed by atoms with Crippen molar-refractivity contribution < 1.29 is 4.79 Å². The van der Waals surface area contributed by atoms with E-state index in [1.54, 1.807) is 12.4 Å². The van der Waals surface area contributed by atoms with Crippen LogP contribution in [0.2, 0.25) is 0 Å². The van der Waals surface area contributed by atoms with Crippen LogP contribution in [0.1, 0.15) is 61.7 Å². The lowest BCUT2D eigenvalue weighted by atomic mass is 10.1. The van der Waals surface area contributed by atoms with Crippen molar-refractivity contribution in [2.24, 2.45) is 0 Å². The first kappa shape index (κ1) is 18.8. The highest BCUT2D eigenvalue weighted by Gasteiger charge is 2.16. The molecule has 1 aliphatic carbocycles. The molecule has 1 amide bonds. The standard InChI is InChI=1S/C23H30N4O/c28-23(26-19-7-3-1-2-4-8-19)18-15-21(17-24-16-18)25-20-9-11-22(12-10-20)27-13-5-6-14-27/h9-12,15-17,19,25H,1-8,13-14H2,(H,26,28). The van der Waals surface area contributed by atoms with Gasteiger partial charge in [0.05, 0.1) is 17.4 Å². The zero-order valence-electron chi connectivity index (χ0n) is 16.5. The number of benzene rings is 1. The van der Waals surface area contributed by atoms with Gasteiger partial charge in [-0.2, -0.15) is 0 Å². The Labute approximate surface area is 167 Å². The van der Waals surface area contributed by atoms with Crippen LogP contribution in [-0.4, -0.2) is 30.0 Å². The molecule has 0 spiro atoms. The van der Waals surface area contributed by atoms with Crippen molar-refractivity contribution in [3.63, 3.8) is 0 Å². The van der Waals surface area contributed by atoms with Crippen molar-refractivity contribution in [1.29, 1.82) is 0 Å². The second-order valence-electron chi connectivity index (χ2n) is 7.99. The van der Waals surface area contributed by atoms with Crippen LogP contribution >= 0.6 is 0 Å². The van der Waals surface area contributed by atoms with Crippen LogP contribution in [0.15, 0.2) is 42.7 Å². The minimum absolute atomic E-state index is 0.0209. The Morgan fingerprint density at radius 1 is 0.893 bits per heavy atom. The van der Waals surface area contributed by atoms with E-state index in [2.05, 4.69) is 44.8 Å². The van der Waals surface area contributed by atoms with E-state index in [1.807, 2.05) is 6.07 Å². The molecule has 0 bridgehead atoms. The average Bonchev–Trinajstić information content (AvgIpc) is 3.14. The SMILES string of the molecule is O=C(NC1CCCCCC1)c1cncc(Nc2ccc(N3CCCC3)cc2)c1. The van der Waals surface area contributed by atoms with E-state index in [0.717, 1.165) is 37.3 Å². The summed E-state index contributed by atoms with van der Waals surface area (Å²) in [6.45, 7) is 2.30. The highest BCUT2D eigenvalue weighted by Crippen LogP contribution is 2.24. The summed E-state index contributed by atoms with van der Waals surface area (Å²) in [5, 5.41) is 6.56. The molecule has 5 heteroatoms. The highest BCUT2D eigenvalue weighted by molar-refractivity contribution is 5.95. The van der Waals surface area contributed by atoms with E-state index in [4.69, 9.17) is 0 Å². The van der Waals surface area contributed by atoms with Crippen molar-refractivity contribution in [3.05, 3.63) is 48.3 Å². The third-order valence-electron chi connectivity index (χ3n) is 5.82. The number of carbonyl (C=O) groups excluding carboxylic acids is 1. The lowest BCUT2D eigenvalue weighted by molar-refractivity contribution is 0.0933. The topological polar surface area (TPSA) is 57.3 Å². The van der Waals surface area contributed by atoms with E-state index in [-0.39, 0.29) is 5.91 Å². The van der Waals surface area contributed by atoms with Gasteiger partial charge in [-0.1, -0.05) is 25.7 Å². The molecule has 0 unspecified atom stereocenters. The largest absolute Gasteiger partial charge is 0.372 e. The fraction of sp³-hybridized carbons (Fsp3) is 0.478. The van der Waals surface area contributed by atoms with Gasteiger partial charge in [0.15, 0.2) is 0 Å². The molecule has 1 saturated heterocycles. The summed E-state index contributed by atoms with van der Waals surface area (Å²) in [5.41, 5.74) is 3.73. The van der Waals surface area contributed by atoms with Crippen LogP contribution in [0, 0.1) is 0 Å². The molecule has 148 valence electrons. The maximum Gasteiger partial charge on any atom is 0.253 e. The monoisotopic (exact) mass is 378 g/mol. The van der Waals surface area contributed by atoms with Gasteiger partial charge >= 0.3 is 0 Å². The molecule has 2 heterocycles. The number of nitrogens with zero attached hydrogens (tertiary/aromatic N) is 2. The lowest BCUT2D eigenvalue weighted by Gasteiger charge is -2.18. The number of hydrogen-bond acceptors (Lipinski definition) is 4. The molecule has 1 saturated carbocycles. The molecule has 2 N–H and O–H groups in total. The van der Waals surface area contributed by atoms with E-state index >= 15 is 0 Å². The number of pyridine rings is 1. The number of hydrogen-bond donors (Lipinski definition) is 2. The predicted octanol–water partition coefficient (Wildman–Crippen LogP) is 4.88. The Balaban J connectivity index is 1.38. The molecule has 2 aliphatic rings. The molecule has 4 rings (SSSR count). The number of nitrogens with one attached hydrogen (secondary N) is 2. The summed E-state index contributed by atoms with van der Waals surface area (Å²) in [4.78, 5) is 19.3. The van der Waals surface area contributed by atoms with Crippen LogP contribution in [0.25, 0.3) is 0 Å². The zero-order chi connectivity index (χ0) is 19.2. The second-order valence-corrected chi connectivity index (χ2v) is 7.99. The van der Waals surface area contributed by atoms with Crippen LogP contribution in [0.3, 0.4) is 0 Å². The molecule has 1 aliphatic heterocycles. The van der Waals surface area contributed by atoms with Crippen molar-refractivity contribution in [2.45, 2.75) is 57.4 Å². The molecule has 1 aromatic heterocycles. The van der Waals surface area contributed by atoms with Crippen molar-refractivity contribution >= 4 is 23.0 Å². The molecule has 28 heavy (non-hydrogen) atoms. The van der Waals surface area contributed by atoms with Crippen LogP contribution in [0.4, 0.5) is 17.1 Å². The Bertz CT molecular complexity index is 775. The number of aromatic nitrogens is 1. The maximum atomic E-state index is 12.6. The molecular formula is C23H30N4O. The maximum absolute atomic E-state index is 12.6. The summed E-state index contributed by atoms with van der Waals surface area (Å²) in [6.07, 6.45) is 13.1. The van der Waals surface area contributed by atoms with Gasteiger partial charge in [0, 0.05) is 36.7 Å². The number of anilines is 3.